The normalized spacial score (nSPS) is 22.7. The van der Waals surface area contributed by atoms with Gasteiger partial charge in [0.1, 0.15) is 41.8 Å². The van der Waals surface area contributed by atoms with E-state index in [1.807, 2.05) is 25.9 Å². The lowest BCUT2D eigenvalue weighted by atomic mass is 9.98. The Morgan fingerprint density at radius 1 is 0.848 bits per heavy atom. The number of aliphatic hydroxyl groups is 1. The van der Waals surface area contributed by atoms with E-state index in [1.165, 1.54) is 23.6 Å². The molecule has 9 atom stereocenters. The maximum Gasteiger partial charge on any atom is 0.469 e. The molecule has 7 N–H and O–H groups in total. The Labute approximate surface area is 381 Å². The third-order valence-corrected chi connectivity index (χ3v) is 12.4. The number of nitrogens with zero attached hydrogens (tertiary/aromatic N) is 4. The molecule has 3 fully saturated rings. The maximum atomic E-state index is 14.6. The number of benzene rings is 2. The highest BCUT2D eigenvalue weighted by atomic mass is 31.2. The van der Waals surface area contributed by atoms with Crippen molar-refractivity contribution in [3.63, 3.8) is 0 Å². The molecule has 3 heterocycles. The van der Waals surface area contributed by atoms with Gasteiger partial charge in [-0.05, 0) is 94.3 Å². The number of hydrogen-bond donors (Lipinski definition) is 7. The molecule has 0 spiro atoms. The average molecular weight is 949 g/mol. The first-order chi connectivity index (χ1) is 30.9. The molecule has 7 amide bonds. The van der Waals surface area contributed by atoms with Crippen LogP contribution in [0.25, 0.3) is 0 Å². The number of carbonyl (C=O) groups excluding carboxylic acids is 7. The van der Waals surface area contributed by atoms with Crippen LogP contribution in [-0.4, -0.2) is 153 Å². The lowest BCUT2D eigenvalue weighted by Crippen LogP contribution is -2.62. The molecule has 20 nitrogen and oxygen atoms in total. The van der Waals surface area contributed by atoms with Crippen molar-refractivity contribution in [1.29, 1.82) is 0 Å². The van der Waals surface area contributed by atoms with Gasteiger partial charge in [-0.3, -0.25) is 33.3 Å². The number of phosphoric acid groups is 1. The van der Waals surface area contributed by atoms with E-state index in [-0.39, 0.29) is 30.2 Å². The zero-order valence-corrected chi connectivity index (χ0v) is 38.5. The number of ketones is 1. The SMILES string of the molecule is CC(=O)[C@@H]1C[C@@H](C)CN1C(=O)[C@H](C)NC(=O)[C@@H]1CCCCN1C(=O)[C@@H]1C[C@@H](OP(=O)(O)O)CN1C(=O)[C@@H](NC(=O)[C@H](Cc1cc(F)cc(F)c1)NC(=O)Nc1ccc(N(C)C)cc1)[C@H](C)O. The van der Waals surface area contributed by atoms with Crippen LogP contribution in [0.15, 0.2) is 42.5 Å². The summed E-state index contributed by atoms with van der Waals surface area (Å²) in [6.45, 7) is 5.63. The zero-order chi connectivity index (χ0) is 48.8. The number of Topliss-reactive ketones (excluding diaryl/α,β-unsaturated/α-hetero) is 1. The van der Waals surface area contributed by atoms with Crippen molar-refractivity contribution in [3.8, 4) is 0 Å². The van der Waals surface area contributed by atoms with Crippen LogP contribution in [0.2, 0.25) is 0 Å². The van der Waals surface area contributed by atoms with E-state index >= 15 is 0 Å². The van der Waals surface area contributed by atoms with Crippen molar-refractivity contribution >= 4 is 60.5 Å². The fourth-order valence-corrected chi connectivity index (χ4v) is 9.20. The Hall–Kier alpha value is -5.54. The summed E-state index contributed by atoms with van der Waals surface area (Å²) in [5, 5.41) is 21.0. The molecule has 3 aliphatic rings. The summed E-state index contributed by atoms with van der Waals surface area (Å²) in [6.07, 6.45) is -2.54. The summed E-state index contributed by atoms with van der Waals surface area (Å²) in [6, 6.07) is 0.248. The highest BCUT2D eigenvalue weighted by Gasteiger charge is 2.49. The third-order valence-electron chi connectivity index (χ3n) is 11.9. The molecule has 3 aliphatic heterocycles. The van der Waals surface area contributed by atoms with Crippen LogP contribution in [0.3, 0.4) is 0 Å². The van der Waals surface area contributed by atoms with E-state index in [4.69, 9.17) is 4.52 Å². The van der Waals surface area contributed by atoms with Crippen LogP contribution in [0, 0.1) is 17.6 Å². The van der Waals surface area contributed by atoms with Gasteiger partial charge in [0.2, 0.25) is 29.5 Å². The highest BCUT2D eigenvalue weighted by molar-refractivity contribution is 7.46. The fourth-order valence-electron chi connectivity index (χ4n) is 8.66. The number of rotatable bonds is 16. The van der Waals surface area contributed by atoms with Crippen molar-refractivity contribution < 1.29 is 66.3 Å². The Balaban J connectivity index is 1.37. The number of amides is 7. The summed E-state index contributed by atoms with van der Waals surface area (Å²) in [5.74, 6) is -6.26. The number of hydrogen-bond acceptors (Lipinski definition) is 11. The predicted octanol–water partition coefficient (Wildman–Crippen LogP) is 1.42. The van der Waals surface area contributed by atoms with E-state index in [0.717, 1.165) is 29.6 Å². The van der Waals surface area contributed by atoms with Gasteiger partial charge in [0.25, 0.3) is 0 Å². The number of carbonyl (C=O) groups is 7. The molecule has 2 aromatic rings. The van der Waals surface area contributed by atoms with Crippen molar-refractivity contribution in [3.05, 3.63) is 59.7 Å². The van der Waals surface area contributed by atoms with Crippen molar-refractivity contribution in [2.75, 3.05) is 43.9 Å². The molecule has 0 unspecified atom stereocenters. The first-order valence-corrected chi connectivity index (χ1v) is 23.2. The summed E-state index contributed by atoms with van der Waals surface area (Å²) >= 11 is 0. The molecule has 2 aromatic carbocycles. The Bertz CT molecular complexity index is 2180. The van der Waals surface area contributed by atoms with Crippen LogP contribution in [-0.2, 0) is 44.3 Å². The standard InChI is InChI=1S/C43H59F2N8O12P/c1-23-15-35(25(3)54)52(21-23)40(58)24(2)46-39(57)34-9-7-8-14-51(34)41(59)36-20-32(65-66(62,63)64)22-53(36)42(60)37(26(4)55)49-38(56)33(18-27-16-28(44)19-29(45)17-27)48-43(61)47-30-10-12-31(13-11-30)50(5)6/h10-13,16-17,19,23-24,26,32-37,55H,7-9,14-15,18,20-22H2,1-6H3,(H,46,57)(H,49,56)(H2,47,48,61)(H2,62,63,64)/t23-,24+,26+,32-,33+,34+,35+,36+,37+/m1/s1. The average Bonchev–Trinajstić information content (AvgIpc) is 3.84. The van der Waals surface area contributed by atoms with Crippen LogP contribution >= 0.6 is 7.82 Å². The number of nitrogens with one attached hydrogen (secondary N) is 4. The van der Waals surface area contributed by atoms with Crippen LogP contribution in [0.4, 0.5) is 25.0 Å². The van der Waals surface area contributed by atoms with E-state index in [2.05, 4.69) is 21.3 Å². The Kier molecular flexibility index (Phi) is 17.0. The third kappa shape index (κ3) is 13.3. The number of phosphoric ester groups is 1. The molecule has 3 saturated heterocycles. The Morgan fingerprint density at radius 3 is 2.08 bits per heavy atom. The number of aliphatic hydroxyl groups excluding tert-OH is 1. The minimum absolute atomic E-state index is 0.0182. The lowest BCUT2D eigenvalue weighted by molar-refractivity contribution is -0.152. The molecule has 0 aromatic heterocycles. The van der Waals surface area contributed by atoms with Crippen LogP contribution in [0.5, 0.6) is 0 Å². The summed E-state index contributed by atoms with van der Waals surface area (Å²) in [5.41, 5.74) is 1.08. The molecule has 0 saturated carbocycles. The minimum atomic E-state index is -5.21. The lowest BCUT2D eigenvalue weighted by Gasteiger charge is -2.39. The minimum Gasteiger partial charge on any atom is -0.391 e. The number of piperidine rings is 1. The molecular formula is C43H59F2N8O12P. The molecule has 362 valence electrons. The number of halogens is 2. The molecule has 0 bridgehead atoms. The number of urea groups is 1. The first-order valence-electron chi connectivity index (χ1n) is 21.7. The van der Waals surface area contributed by atoms with Gasteiger partial charge in [-0.15, -0.1) is 0 Å². The summed E-state index contributed by atoms with van der Waals surface area (Å²) in [7, 11) is -1.57. The van der Waals surface area contributed by atoms with E-state index in [1.54, 1.807) is 24.3 Å². The van der Waals surface area contributed by atoms with Gasteiger partial charge in [-0.25, -0.2) is 18.1 Å². The largest absolute Gasteiger partial charge is 0.469 e. The number of likely N-dealkylation sites (tertiary alicyclic amines) is 3. The molecule has 0 radical (unpaired) electrons. The quantitative estimate of drug-likeness (QED) is 0.118. The molecule has 23 heteroatoms. The maximum absolute atomic E-state index is 14.6. The Morgan fingerprint density at radius 2 is 1.48 bits per heavy atom. The number of anilines is 2. The second-order valence-corrected chi connectivity index (χ2v) is 18.7. The summed E-state index contributed by atoms with van der Waals surface area (Å²) in [4.78, 5) is 121. The second-order valence-electron chi connectivity index (χ2n) is 17.5. The fraction of sp³-hybridized carbons (Fsp3) is 0.558. The zero-order valence-electron chi connectivity index (χ0n) is 37.6. The van der Waals surface area contributed by atoms with Crippen LogP contribution in [0.1, 0.15) is 65.4 Å². The van der Waals surface area contributed by atoms with Gasteiger partial charge in [0.05, 0.1) is 18.2 Å². The van der Waals surface area contributed by atoms with Gasteiger partial charge < -0.3 is 55.8 Å². The molecule has 5 rings (SSSR count). The van der Waals surface area contributed by atoms with E-state index in [0.29, 0.717) is 37.6 Å². The van der Waals surface area contributed by atoms with Crippen LogP contribution < -0.4 is 26.2 Å². The van der Waals surface area contributed by atoms with Crippen molar-refractivity contribution in [1.82, 2.24) is 30.7 Å². The molecule has 0 aliphatic carbocycles. The topological polar surface area (TPSA) is 268 Å². The van der Waals surface area contributed by atoms with Gasteiger partial charge in [0, 0.05) is 64.0 Å². The van der Waals surface area contributed by atoms with Crippen molar-refractivity contribution in [2.24, 2.45) is 5.92 Å². The molecular weight excluding hydrogens is 889 g/mol. The summed E-state index contributed by atoms with van der Waals surface area (Å²) < 4.78 is 45.5. The van der Waals surface area contributed by atoms with Gasteiger partial charge in [-0.1, -0.05) is 6.92 Å². The highest BCUT2D eigenvalue weighted by Crippen LogP contribution is 2.41. The van der Waals surface area contributed by atoms with E-state index < -0.39 is 123 Å². The van der Waals surface area contributed by atoms with E-state index in [9.17, 15) is 61.8 Å². The smallest absolute Gasteiger partial charge is 0.391 e. The van der Waals surface area contributed by atoms with Gasteiger partial charge in [-0.2, -0.15) is 0 Å². The van der Waals surface area contributed by atoms with Crippen molar-refractivity contribution in [2.45, 2.75) is 115 Å². The first kappa shape index (κ1) is 51.4. The second kappa shape index (κ2) is 21.8. The molecule has 66 heavy (non-hydrogen) atoms. The van der Waals surface area contributed by atoms with Gasteiger partial charge >= 0.3 is 13.9 Å². The predicted molar refractivity (Wildman–Crippen MR) is 234 cm³/mol. The van der Waals surface area contributed by atoms with Gasteiger partial charge in [0.15, 0.2) is 5.78 Å². The monoisotopic (exact) mass is 948 g/mol.